The van der Waals surface area contributed by atoms with Gasteiger partial charge in [-0.2, -0.15) is 0 Å². The largest absolute Gasteiger partial charge is 0.310 e. The smallest absolute Gasteiger partial charge is 0.0547 e. The first-order valence-electron chi connectivity index (χ1n) is 16.5. The Morgan fingerprint density at radius 2 is 1.04 bits per heavy atom. The fraction of sp³-hybridized carbons (Fsp3) is 0. The monoisotopic (exact) mass is 610 g/mol. The van der Waals surface area contributed by atoms with Crippen LogP contribution in [0.3, 0.4) is 0 Å². The van der Waals surface area contributed by atoms with Gasteiger partial charge in [-0.1, -0.05) is 127 Å². The van der Waals surface area contributed by atoms with Crippen molar-refractivity contribution in [3.8, 4) is 16.8 Å². The van der Waals surface area contributed by atoms with Crippen LogP contribution >= 0.6 is 0 Å². The van der Waals surface area contributed by atoms with E-state index in [4.69, 9.17) is 0 Å². The summed E-state index contributed by atoms with van der Waals surface area (Å²) in [6, 6.07) is 66.2. The van der Waals surface area contributed by atoms with Gasteiger partial charge in [0.1, 0.15) is 0 Å². The van der Waals surface area contributed by atoms with Crippen molar-refractivity contribution in [1.82, 2.24) is 4.57 Å². The van der Waals surface area contributed by atoms with Gasteiger partial charge in [0.25, 0.3) is 0 Å². The number of para-hydroxylation sites is 1. The predicted octanol–water partition coefficient (Wildman–Crippen LogP) is 12.8. The van der Waals surface area contributed by atoms with Crippen LogP contribution in [0.4, 0.5) is 17.1 Å². The molecule has 0 N–H and O–H groups in total. The van der Waals surface area contributed by atoms with Crippen LogP contribution in [0, 0.1) is 0 Å². The lowest BCUT2D eigenvalue weighted by molar-refractivity contribution is 1.19. The molecule has 0 fully saturated rings. The Morgan fingerprint density at radius 3 is 1.92 bits per heavy atom. The van der Waals surface area contributed by atoms with Crippen LogP contribution in [-0.4, -0.2) is 4.57 Å². The Morgan fingerprint density at radius 1 is 0.375 bits per heavy atom. The molecule has 0 spiro atoms. The zero-order chi connectivity index (χ0) is 31.6. The van der Waals surface area contributed by atoms with Crippen molar-refractivity contribution < 1.29 is 0 Å². The van der Waals surface area contributed by atoms with E-state index < -0.39 is 0 Å². The average molecular weight is 611 g/mol. The van der Waals surface area contributed by atoms with E-state index in [1.165, 1.54) is 76.6 Å². The molecular weight excluding hydrogens is 581 g/mol. The standard InChI is InChI=1S/C46H30N2/c1-2-15-36(16-3-1)47(42-18-8-13-32-11-6-7-17-40(32)42)37-24-21-33(22-25-37)39-28-29-44-46-41(39)27-23-34-14-9-19-43(45(34)46)48(44)38-26-20-31-10-4-5-12-35(31)30-38/h1-30H. The van der Waals surface area contributed by atoms with Crippen molar-refractivity contribution in [3.05, 3.63) is 182 Å². The zero-order valence-corrected chi connectivity index (χ0v) is 26.2. The second kappa shape index (κ2) is 10.6. The minimum Gasteiger partial charge on any atom is -0.310 e. The van der Waals surface area contributed by atoms with E-state index in [1.54, 1.807) is 0 Å². The molecule has 0 amide bonds. The molecule has 0 saturated heterocycles. The molecule has 0 saturated carbocycles. The highest BCUT2D eigenvalue weighted by atomic mass is 15.1. The number of hydrogen-bond donors (Lipinski definition) is 0. The lowest BCUT2D eigenvalue weighted by Crippen LogP contribution is -2.10. The van der Waals surface area contributed by atoms with E-state index >= 15 is 0 Å². The van der Waals surface area contributed by atoms with Gasteiger partial charge >= 0.3 is 0 Å². The SMILES string of the molecule is c1ccc(N(c2ccc(-c3ccc4c5c3ccc3cccc(c35)n4-c3ccc4ccccc4c3)cc2)c2cccc3ccccc23)cc1. The third kappa shape index (κ3) is 4.06. The Bertz CT molecular complexity index is 2770. The van der Waals surface area contributed by atoms with Crippen molar-refractivity contribution in [3.63, 3.8) is 0 Å². The highest BCUT2D eigenvalue weighted by molar-refractivity contribution is 6.26. The van der Waals surface area contributed by atoms with Crippen LogP contribution in [0.25, 0.3) is 70.9 Å². The van der Waals surface area contributed by atoms with Gasteiger partial charge < -0.3 is 9.47 Å². The highest BCUT2D eigenvalue weighted by Crippen LogP contribution is 2.44. The number of nitrogens with zero attached hydrogens (tertiary/aromatic N) is 2. The Balaban J connectivity index is 1.14. The molecule has 0 unspecified atom stereocenters. The number of rotatable bonds is 5. The first kappa shape index (κ1) is 26.8. The molecule has 1 aromatic heterocycles. The number of benzene rings is 9. The summed E-state index contributed by atoms with van der Waals surface area (Å²) in [6.45, 7) is 0. The molecule has 0 aliphatic heterocycles. The average Bonchev–Trinajstić information content (AvgIpc) is 3.50. The topological polar surface area (TPSA) is 8.17 Å². The summed E-state index contributed by atoms with van der Waals surface area (Å²) in [4.78, 5) is 2.36. The van der Waals surface area contributed by atoms with Crippen LogP contribution in [-0.2, 0) is 0 Å². The maximum atomic E-state index is 2.44. The van der Waals surface area contributed by atoms with Crippen LogP contribution in [0.2, 0.25) is 0 Å². The second-order valence-corrected chi connectivity index (χ2v) is 12.6. The van der Waals surface area contributed by atoms with Crippen LogP contribution in [0.1, 0.15) is 0 Å². The minimum absolute atomic E-state index is 1.13. The highest BCUT2D eigenvalue weighted by Gasteiger charge is 2.20. The Hall–Kier alpha value is -6.38. The van der Waals surface area contributed by atoms with Gasteiger partial charge in [-0.25, -0.2) is 0 Å². The van der Waals surface area contributed by atoms with E-state index in [-0.39, 0.29) is 0 Å². The Kier molecular flexibility index (Phi) is 5.91. The number of anilines is 3. The van der Waals surface area contributed by atoms with Crippen molar-refractivity contribution in [2.24, 2.45) is 0 Å². The first-order chi connectivity index (χ1) is 23.8. The summed E-state index contributed by atoms with van der Waals surface area (Å²) < 4.78 is 2.44. The lowest BCUT2D eigenvalue weighted by atomic mass is 9.94. The Labute approximate surface area is 278 Å². The van der Waals surface area contributed by atoms with Gasteiger partial charge in [0, 0.05) is 33.2 Å². The van der Waals surface area contributed by atoms with Crippen molar-refractivity contribution in [2.45, 2.75) is 0 Å². The summed E-state index contributed by atoms with van der Waals surface area (Å²) in [5, 5.41) is 10.1. The van der Waals surface area contributed by atoms with Crippen LogP contribution < -0.4 is 4.90 Å². The summed E-state index contributed by atoms with van der Waals surface area (Å²) in [6.07, 6.45) is 0. The molecule has 224 valence electrons. The molecule has 1 heterocycles. The van der Waals surface area contributed by atoms with Crippen molar-refractivity contribution in [2.75, 3.05) is 4.90 Å². The van der Waals surface area contributed by atoms with Crippen LogP contribution in [0.15, 0.2) is 182 Å². The molecule has 2 nitrogen and oxygen atoms in total. The normalized spacial score (nSPS) is 11.8. The van der Waals surface area contributed by atoms with E-state index in [1.807, 2.05) is 0 Å². The van der Waals surface area contributed by atoms with Crippen molar-refractivity contribution in [1.29, 1.82) is 0 Å². The number of hydrogen-bond acceptors (Lipinski definition) is 1. The molecule has 48 heavy (non-hydrogen) atoms. The van der Waals surface area contributed by atoms with Gasteiger partial charge in [-0.15, -0.1) is 0 Å². The maximum absolute atomic E-state index is 2.44. The van der Waals surface area contributed by atoms with E-state index in [2.05, 4.69) is 191 Å². The molecular formula is C46H30N2. The molecule has 0 aliphatic rings. The third-order valence-corrected chi connectivity index (χ3v) is 9.91. The van der Waals surface area contributed by atoms with Gasteiger partial charge in [0.2, 0.25) is 0 Å². The summed E-state index contributed by atoms with van der Waals surface area (Å²) in [7, 11) is 0. The third-order valence-electron chi connectivity index (χ3n) is 9.91. The fourth-order valence-corrected chi connectivity index (χ4v) is 7.73. The fourth-order valence-electron chi connectivity index (χ4n) is 7.73. The molecule has 10 rings (SSSR count). The molecule has 0 bridgehead atoms. The maximum Gasteiger partial charge on any atom is 0.0547 e. The molecule has 10 aromatic rings. The van der Waals surface area contributed by atoms with E-state index in [0.717, 1.165) is 11.4 Å². The van der Waals surface area contributed by atoms with Crippen molar-refractivity contribution >= 4 is 71.2 Å². The minimum atomic E-state index is 1.13. The van der Waals surface area contributed by atoms with Gasteiger partial charge in [-0.3, -0.25) is 0 Å². The molecule has 0 atom stereocenters. The van der Waals surface area contributed by atoms with E-state index in [9.17, 15) is 0 Å². The van der Waals surface area contributed by atoms with Crippen LogP contribution in [0.5, 0.6) is 0 Å². The van der Waals surface area contributed by atoms with E-state index in [0.29, 0.717) is 0 Å². The summed E-state index contributed by atoms with van der Waals surface area (Å²) in [5.74, 6) is 0. The zero-order valence-electron chi connectivity index (χ0n) is 26.2. The first-order valence-corrected chi connectivity index (χ1v) is 16.5. The number of aromatic nitrogens is 1. The van der Waals surface area contributed by atoms with Gasteiger partial charge in [0.05, 0.1) is 16.7 Å². The molecule has 9 aromatic carbocycles. The predicted molar refractivity (Wildman–Crippen MR) is 205 cm³/mol. The van der Waals surface area contributed by atoms with Gasteiger partial charge in [0.15, 0.2) is 0 Å². The number of fused-ring (bicyclic) bond motifs is 2. The summed E-state index contributed by atoms with van der Waals surface area (Å²) in [5.41, 5.74) is 9.54. The van der Waals surface area contributed by atoms with Gasteiger partial charge in [-0.05, 0) is 92.7 Å². The second-order valence-electron chi connectivity index (χ2n) is 12.6. The molecule has 0 aliphatic carbocycles. The lowest BCUT2D eigenvalue weighted by Gasteiger charge is -2.27. The summed E-state index contributed by atoms with van der Waals surface area (Å²) >= 11 is 0. The molecule has 2 heteroatoms. The molecule has 0 radical (unpaired) electrons. The quantitative estimate of drug-likeness (QED) is 0.176.